The zero-order valence-corrected chi connectivity index (χ0v) is 17.5. The predicted octanol–water partition coefficient (Wildman–Crippen LogP) is 3.10. The second kappa shape index (κ2) is 10.1. The number of carbonyl (C=O) groups is 1. The molecule has 1 saturated heterocycles. The van der Waals surface area contributed by atoms with Gasteiger partial charge in [0.1, 0.15) is 0 Å². The lowest BCUT2D eigenvalue weighted by molar-refractivity contribution is 0.158. The van der Waals surface area contributed by atoms with Crippen molar-refractivity contribution in [1.29, 1.82) is 0 Å². The minimum Gasteiger partial charge on any atom is -0.338 e. The van der Waals surface area contributed by atoms with Crippen molar-refractivity contribution < 1.29 is 13.2 Å². The SMILES string of the molecule is CC(NC(=O)NCCCCN1CCCCC1C)c1ccc(S(C)(=O)=O)cc1. The molecule has 2 atom stereocenters. The Morgan fingerprint density at radius 1 is 1.22 bits per heavy atom. The van der Waals surface area contributed by atoms with E-state index in [1.807, 2.05) is 6.92 Å². The number of nitrogens with one attached hydrogen (secondary N) is 2. The summed E-state index contributed by atoms with van der Waals surface area (Å²) < 4.78 is 23.0. The zero-order valence-electron chi connectivity index (χ0n) is 16.7. The third-order valence-electron chi connectivity index (χ3n) is 5.25. The van der Waals surface area contributed by atoms with Crippen LogP contribution in [0, 0.1) is 0 Å². The first-order valence-electron chi connectivity index (χ1n) is 9.86. The Bertz CT molecular complexity index is 704. The largest absolute Gasteiger partial charge is 0.338 e. The summed E-state index contributed by atoms with van der Waals surface area (Å²) in [5, 5.41) is 5.80. The van der Waals surface area contributed by atoms with Crippen molar-refractivity contribution in [2.45, 2.75) is 62.9 Å². The van der Waals surface area contributed by atoms with Gasteiger partial charge in [-0.2, -0.15) is 0 Å². The van der Waals surface area contributed by atoms with Crippen LogP contribution in [0.25, 0.3) is 0 Å². The minimum absolute atomic E-state index is 0.187. The van der Waals surface area contributed by atoms with Crippen LogP contribution < -0.4 is 10.6 Å². The summed E-state index contributed by atoms with van der Waals surface area (Å²) in [6.07, 6.45) is 7.18. The Hall–Kier alpha value is -1.60. The maximum atomic E-state index is 12.0. The van der Waals surface area contributed by atoms with E-state index in [-0.39, 0.29) is 17.0 Å². The van der Waals surface area contributed by atoms with Gasteiger partial charge in [0.25, 0.3) is 0 Å². The van der Waals surface area contributed by atoms with E-state index in [4.69, 9.17) is 0 Å². The Morgan fingerprint density at radius 2 is 1.93 bits per heavy atom. The van der Waals surface area contributed by atoms with Crippen LogP contribution in [-0.2, 0) is 9.84 Å². The number of benzene rings is 1. The van der Waals surface area contributed by atoms with E-state index in [0.29, 0.717) is 12.6 Å². The zero-order chi connectivity index (χ0) is 19.9. The monoisotopic (exact) mass is 395 g/mol. The molecule has 1 aromatic carbocycles. The molecule has 2 N–H and O–H groups in total. The van der Waals surface area contributed by atoms with Crippen LogP contribution in [0.3, 0.4) is 0 Å². The minimum atomic E-state index is -3.20. The molecule has 0 radical (unpaired) electrons. The lowest BCUT2D eigenvalue weighted by Crippen LogP contribution is -2.39. The van der Waals surface area contributed by atoms with Crippen molar-refractivity contribution in [1.82, 2.24) is 15.5 Å². The molecule has 2 unspecified atom stereocenters. The Kier molecular flexibility index (Phi) is 8.10. The van der Waals surface area contributed by atoms with Crippen LogP contribution in [0.4, 0.5) is 4.79 Å². The number of hydrogen-bond donors (Lipinski definition) is 2. The smallest absolute Gasteiger partial charge is 0.315 e. The van der Waals surface area contributed by atoms with E-state index in [1.54, 1.807) is 24.3 Å². The molecule has 1 heterocycles. The highest BCUT2D eigenvalue weighted by atomic mass is 32.2. The highest BCUT2D eigenvalue weighted by molar-refractivity contribution is 7.90. The maximum Gasteiger partial charge on any atom is 0.315 e. The number of nitrogens with zero attached hydrogens (tertiary/aromatic N) is 1. The number of amides is 2. The van der Waals surface area contributed by atoms with Gasteiger partial charge in [0.2, 0.25) is 0 Å². The second-order valence-corrected chi connectivity index (χ2v) is 9.57. The normalized spacial score (nSPS) is 19.4. The summed E-state index contributed by atoms with van der Waals surface area (Å²) in [4.78, 5) is 14.9. The summed E-state index contributed by atoms with van der Waals surface area (Å²) in [6, 6.07) is 6.92. The quantitative estimate of drug-likeness (QED) is 0.663. The fraction of sp³-hybridized carbons (Fsp3) is 0.650. The summed E-state index contributed by atoms with van der Waals surface area (Å²) in [7, 11) is -3.20. The van der Waals surface area contributed by atoms with Gasteiger partial charge in [-0.15, -0.1) is 0 Å². The van der Waals surface area contributed by atoms with Crippen molar-refractivity contribution in [2.24, 2.45) is 0 Å². The number of carbonyl (C=O) groups excluding carboxylic acids is 1. The predicted molar refractivity (Wildman–Crippen MR) is 109 cm³/mol. The third kappa shape index (κ3) is 7.14. The van der Waals surface area contributed by atoms with Gasteiger partial charge >= 0.3 is 6.03 Å². The fourth-order valence-electron chi connectivity index (χ4n) is 3.47. The molecular formula is C20H33N3O3S. The van der Waals surface area contributed by atoms with Crippen LogP contribution in [-0.4, -0.2) is 51.3 Å². The molecule has 6 nitrogen and oxygen atoms in total. The fourth-order valence-corrected chi connectivity index (χ4v) is 4.10. The highest BCUT2D eigenvalue weighted by Crippen LogP contribution is 2.17. The Balaban J connectivity index is 1.66. The van der Waals surface area contributed by atoms with Crippen molar-refractivity contribution in [3.05, 3.63) is 29.8 Å². The third-order valence-corrected chi connectivity index (χ3v) is 6.38. The number of piperidine rings is 1. The number of sulfone groups is 1. The summed E-state index contributed by atoms with van der Waals surface area (Å²) >= 11 is 0. The molecule has 1 aliphatic rings. The molecule has 1 aliphatic heterocycles. The van der Waals surface area contributed by atoms with Gasteiger partial charge in [-0.1, -0.05) is 18.6 Å². The van der Waals surface area contributed by atoms with Gasteiger partial charge in [0.05, 0.1) is 10.9 Å². The Morgan fingerprint density at radius 3 is 2.56 bits per heavy atom. The summed E-state index contributed by atoms with van der Waals surface area (Å²) in [5.74, 6) is 0. The van der Waals surface area contributed by atoms with E-state index in [1.165, 1.54) is 32.1 Å². The summed E-state index contributed by atoms with van der Waals surface area (Å²) in [6.45, 7) is 7.15. The van der Waals surface area contributed by atoms with Gasteiger partial charge in [-0.25, -0.2) is 13.2 Å². The topological polar surface area (TPSA) is 78.5 Å². The molecule has 0 bridgehead atoms. The average Bonchev–Trinajstić information content (AvgIpc) is 2.62. The first-order chi connectivity index (χ1) is 12.8. The van der Waals surface area contributed by atoms with Gasteiger partial charge in [-0.05, 0) is 70.3 Å². The van der Waals surface area contributed by atoms with E-state index < -0.39 is 9.84 Å². The van der Waals surface area contributed by atoms with Gasteiger partial charge in [-0.3, -0.25) is 0 Å². The van der Waals surface area contributed by atoms with E-state index >= 15 is 0 Å². The first-order valence-corrected chi connectivity index (χ1v) is 11.7. The average molecular weight is 396 g/mol. The van der Waals surface area contributed by atoms with Crippen LogP contribution in [0.5, 0.6) is 0 Å². The summed E-state index contributed by atoms with van der Waals surface area (Å²) in [5.41, 5.74) is 0.872. The number of likely N-dealkylation sites (tertiary alicyclic amines) is 1. The van der Waals surface area contributed by atoms with Gasteiger partial charge < -0.3 is 15.5 Å². The van der Waals surface area contributed by atoms with Crippen LogP contribution in [0.1, 0.15) is 57.6 Å². The molecule has 0 aliphatic carbocycles. The van der Waals surface area contributed by atoms with E-state index in [9.17, 15) is 13.2 Å². The second-order valence-electron chi connectivity index (χ2n) is 7.55. The van der Waals surface area contributed by atoms with Crippen molar-refractivity contribution in [3.63, 3.8) is 0 Å². The van der Waals surface area contributed by atoms with Crippen molar-refractivity contribution in [2.75, 3.05) is 25.9 Å². The van der Waals surface area contributed by atoms with Crippen molar-refractivity contribution in [3.8, 4) is 0 Å². The van der Waals surface area contributed by atoms with Crippen LogP contribution in [0.2, 0.25) is 0 Å². The van der Waals surface area contributed by atoms with Gasteiger partial charge in [0.15, 0.2) is 9.84 Å². The molecule has 0 aromatic heterocycles. The van der Waals surface area contributed by atoms with Gasteiger partial charge in [0, 0.05) is 18.8 Å². The van der Waals surface area contributed by atoms with Crippen LogP contribution in [0.15, 0.2) is 29.2 Å². The molecular weight excluding hydrogens is 362 g/mol. The standard InChI is InChI=1S/C20H33N3O3S/c1-16-8-4-6-14-23(16)15-7-5-13-21-20(24)22-17(2)18-9-11-19(12-10-18)27(3,25)26/h9-12,16-17H,4-8,13-15H2,1-3H3,(H2,21,22,24). The molecule has 152 valence electrons. The molecule has 1 aromatic rings. The molecule has 27 heavy (non-hydrogen) atoms. The van der Waals surface area contributed by atoms with Crippen molar-refractivity contribution >= 4 is 15.9 Å². The molecule has 1 fully saturated rings. The lowest BCUT2D eigenvalue weighted by atomic mass is 10.0. The number of urea groups is 1. The lowest BCUT2D eigenvalue weighted by Gasteiger charge is -2.33. The first kappa shape index (κ1) is 21.7. The number of unbranched alkanes of at least 4 members (excludes halogenated alkanes) is 1. The Labute approximate surface area is 163 Å². The molecule has 0 saturated carbocycles. The molecule has 0 spiro atoms. The number of rotatable bonds is 8. The van der Waals surface area contributed by atoms with Crippen LogP contribution >= 0.6 is 0 Å². The highest BCUT2D eigenvalue weighted by Gasteiger charge is 2.17. The molecule has 7 heteroatoms. The molecule has 2 rings (SSSR count). The maximum absolute atomic E-state index is 12.0. The molecule has 2 amide bonds. The van der Waals surface area contributed by atoms with E-state index in [0.717, 1.165) is 24.9 Å². The number of hydrogen-bond acceptors (Lipinski definition) is 4. The van der Waals surface area contributed by atoms with E-state index in [2.05, 4.69) is 22.5 Å².